The Labute approximate surface area is 88.9 Å². The Morgan fingerprint density at radius 2 is 2.40 bits per heavy atom. The predicted octanol–water partition coefficient (Wildman–Crippen LogP) is 1.03. The molecule has 1 atom stereocenters. The minimum absolute atomic E-state index is 0.0782. The summed E-state index contributed by atoms with van der Waals surface area (Å²) >= 11 is 0. The molecule has 0 bridgehead atoms. The number of aliphatic hydroxyl groups excluding tert-OH is 1. The van der Waals surface area contributed by atoms with Crippen LogP contribution in [0.4, 0.5) is 0 Å². The molecular formula is C11H15NO3. The number of esters is 1. The smallest absolute Gasteiger partial charge is 0.302 e. The Hall–Kier alpha value is -1.42. The average molecular weight is 209 g/mol. The summed E-state index contributed by atoms with van der Waals surface area (Å²) in [6, 6.07) is 3.75. The summed E-state index contributed by atoms with van der Waals surface area (Å²) in [6.07, 6.45) is 1.67. The van der Waals surface area contributed by atoms with Gasteiger partial charge in [-0.05, 0) is 18.6 Å². The molecule has 0 unspecified atom stereocenters. The summed E-state index contributed by atoms with van der Waals surface area (Å²) in [7, 11) is 0. The van der Waals surface area contributed by atoms with Crippen molar-refractivity contribution in [2.24, 2.45) is 0 Å². The van der Waals surface area contributed by atoms with Gasteiger partial charge in [-0.15, -0.1) is 0 Å². The van der Waals surface area contributed by atoms with Crippen LogP contribution in [-0.2, 0) is 9.53 Å². The van der Waals surface area contributed by atoms with Gasteiger partial charge in [-0.3, -0.25) is 9.78 Å². The third kappa shape index (κ3) is 3.32. The zero-order valence-electron chi connectivity index (χ0n) is 8.93. The average Bonchev–Trinajstić information content (AvgIpc) is 2.21. The second kappa shape index (κ2) is 5.46. The van der Waals surface area contributed by atoms with E-state index in [4.69, 9.17) is 4.74 Å². The maximum atomic E-state index is 10.7. The van der Waals surface area contributed by atoms with Gasteiger partial charge in [0.25, 0.3) is 0 Å². The number of aryl methyl sites for hydroxylation is 1. The van der Waals surface area contributed by atoms with Crippen LogP contribution in [0.1, 0.15) is 24.1 Å². The molecular weight excluding hydrogens is 194 g/mol. The van der Waals surface area contributed by atoms with Gasteiger partial charge in [-0.1, -0.05) is 6.07 Å². The summed E-state index contributed by atoms with van der Waals surface area (Å²) in [5.41, 5.74) is 1.77. The molecule has 0 aliphatic heterocycles. The van der Waals surface area contributed by atoms with Gasteiger partial charge < -0.3 is 9.84 Å². The van der Waals surface area contributed by atoms with E-state index in [2.05, 4.69) is 4.98 Å². The summed E-state index contributed by atoms with van der Waals surface area (Å²) in [5.74, 6) is -0.586. The number of aliphatic hydroxyl groups is 1. The molecule has 0 aliphatic carbocycles. The summed E-state index contributed by atoms with van der Waals surface area (Å²) in [6.45, 7) is 3.35. The van der Waals surface area contributed by atoms with Crippen molar-refractivity contribution in [2.75, 3.05) is 13.2 Å². The van der Waals surface area contributed by atoms with Gasteiger partial charge in [-0.25, -0.2) is 0 Å². The van der Waals surface area contributed by atoms with Crippen LogP contribution in [0.2, 0.25) is 0 Å². The van der Waals surface area contributed by atoms with E-state index in [-0.39, 0.29) is 25.1 Å². The summed E-state index contributed by atoms with van der Waals surface area (Å²) in [5, 5.41) is 9.19. The van der Waals surface area contributed by atoms with E-state index in [0.29, 0.717) is 0 Å². The molecule has 0 amide bonds. The first-order valence-corrected chi connectivity index (χ1v) is 4.81. The van der Waals surface area contributed by atoms with Gasteiger partial charge in [0.15, 0.2) is 0 Å². The normalized spacial score (nSPS) is 12.2. The Balaban J connectivity index is 2.74. The SMILES string of the molecule is CC(=O)OC[C@@H](CO)c1ncccc1C. The van der Waals surface area contributed by atoms with Gasteiger partial charge in [0.1, 0.15) is 6.61 Å². The molecule has 0 radical (unpaired) electrons. The fourth-order valence-corrected chi connectivity index (χ4v) is 1.36. The molecule has 0 spiro atoms. The quantitative estimate of drug-likeness (QED) is 0.752. The van der Waals surface area contributed by atoms with Crippen molar-refractivity contribution in [1.82, 2.24) is 4.98 Å². The zero-order chi connectivity index (χ0) is 11.3. The minimum atomic E-state index is -0.345. The topological polar surface area (TPSA) is 59.4 Å². The van der Waals surface area contributed by atoms with Gasteiger partial charge in [0.05, 0.1) is 18.2 Å². The molecule has 1 aromatic heterocycles. The van der Waals surface area contributed by atoms with E-state index in [0.717, 1.165) is 11.3 Å². The first kappa shape index (κ1) is 11.7. The van der Waals surface area contributed by atoms with Crippen LogP contribution in [0.5, 0.6) is 0 Å². The van der Waals surface area contributed by atoms with Crippen molar-refractivity contribution in [3.8, 4) is 0 Å². The summed E-state index contributed by atoms with van der Waals surface area (Å²) < 4.78 is 4.87. The Kier molecular flexibility index (Phi) is 4.24. The number of nitrogens with zero attached hydrogens (tertiary/aromatic N) is 1. The van der Waals surface area contributed by atoms with Crippen LogP contribution in [0.25, 0.3) is 0 Å². The van der Waals surface area contributed by atoms with Crippen molar-refractivity contribution >= 4 is 5.97 Å². The van der Waals surface area contributed by atoms with E-state index in [1.54, 1.807) is 6.20 Å². The Morgan fingerprint density at radius 1 is 1.67 bits per heavy atom. The lowest BCUT2D eigenvalue weighted by Gasteiger charge is -2.15. The number of rotatable bonds is 4. The maximum absolute atomic E-state index is 10.7. The molecule has 1 heterocycles. The largest absolute Gasteiger partial charge is 0.465 e. The number of carbonyl (C=O) groups is 1. The number of ether oxygens (including phenoxy) is 1. The lowest BCUT2D eigenvalue weighted by Crippen LogP contribution is -2.16. The highest BCUT2D eigenvalue weighted by atomic mass is 16.5. The van der Waals surface area contributed by atoms with E-state index < -0.39 is 0 Å². The second-order valence-corrected chi connectivity index (χ2v) is 3.39. The summed E-state index contributed by atoms with van der Waals surface area (Å²) in [4.78, 5) is 14.8. The lowest BCUT2D eigenvalue weighted by molar-refractivity contribution is -0.141. The highest BCUT2D eigenvalue weighted by Crippen LogP contribution is 2.16. The van der Waals surface area contributed by atoms with Crippen molar-refractivity contribution in [3.05, 3.63) is 29.6 Å². The predicted molar refractivity (Wildman–Crippen MR) is 55.4 cm³/mol. The van der Waals surface area contributed by atoms with Crippen LogP contribution < -0.4 is 0 Å². The van der Waals surface area contributed by atoms with Crippen LogP contribution in [0.3, 0.4) is 0 Å². The molecule has 1 rings (SSSR count). The van der Waals surface area contributed by atoms with Crippen LogP contribution >= 0.6 is 0 Å². The van der Waals surface area contributed by atoms with E-state index in [1.165, 1.54) is 6.92 Å². The van der Waals surface area contributed by atoms with Crippen molar-refractivity contribution in [2.45, 2.75) is 19.8 Å². The molecule has 4 nitrogen and oxygen atoms in total. The zero-order valence-corrected chi connectivity index (χ0v) is 8.93. The maximum Gasteiger partial charge on any atom is 0.302 e. The first-order valence-electron chi connectivity index (χ1n) is 4.81. The Morgan fingerprint density at radius 3 is 2.93 bits per heavy atom. The molecule has 15 heavy (non-hydrogen) atoms. The first-order chi connectivity index (χ1) is 7.15. The molecule has 1 N–H and O–H groups in total. The Bertz CT molecular complexity index is 338. The third-order valence-corrected chi connectivity index (χ3v) is 2.14. The van der Waals surface area contributed by atoms with Crippen LogP contribution in [0, 0.1) is 6.92 Å². The highest BCUT2D eigenvalue weighted by Gasteiger charge is 2.15. The molecule has 0 fully saturated rings. The molecule has 0 aliphatic rings. The number of aromatic nitrogens is 1. The second-order valence-electron chi connectivity index (χ2n) is 3.39. The number of hydrogen-bond acceptors (Lipinski definition) is 4. The van der Waals surface area contributed by atoms with Gasteiger partial charge in [0, 0.05) is 13.1 Å². The van der Waals surface area contributed by atoms with E-state index in [9.17, 15) is 9.90 Å². The molecule has 0 aromatic carbocycles. The molecule has 0 saturated heterocycles. The van der Waals surface area contributed by atoms with Crippen molar-refractivity contribution in [3.63, 3.8) is 0 Å². The van der Waals surface area contributed by atoms with Gasteiger partial charge in [0.2, 0.25) is 0 Å². The monoisotopic (exact) mass is 209 g/mol. The number of carbonyl (C=O) groups excluding carboxylic acids is 1. The molecule has 1 aromatic rings. The molecule has 82 valence electrons. The fourth-order valence-electron chi connectivity index (χ4n) is 1.36. The third-order valence-electron chi connectivity index (χ3n) is 2.14. The minimum Gasteiger partial charge on any atom is -0.465 e. The lowest BCUT2D eigenvalue weighted by atomic mass is 10.0. The van der Waals surface area contributed by atoms with Gasteiger partial charge >= 0.3 is 5.97 Å². The molecule has 4 heteroatoms. The van der Waals surface area contributed by atoms with Gasteiger partial charge in [-0.2, -0.15) is 0 Å². The van der Waals surface area contributed by atoms with E-state index in [1.807, 2.05) is 19.1 Å². The van der Waals surface area contributed by atoms with Crippen molar-refractivity contribution < 1.29 is 14.6 Å². The standard InChI is InChI=1S/C11H15NO3/c1-8-4-3-5-12-11(8)10(6-13)7-15-9(2)14/h3-5,10,13H,6-7H2,1-2H3/t10-/m1/s1. The van der Waals surface area contributed by atoms with E-state index >= 15 is 0 Å². The highest BCUT2D eigenvalue weighted by molar-refractivity contribution is 5.65. The molecule has 0 saturated carbocycles. The number of hydrogen-bond donors (Lipinski definition) is 1. The fraction of sp³-hybridized carbons (Fsp3) is 0.455. The van der Waals surface area contributed by atoms with Crippen LogP contribution in [0.15, 0.2) is 18.3 Å². The van der Waals surface area contributed by atoms with Crippen molar-refractivity contribution in [1.29, 1.82) is 0 Å². The number of pyridine rings is 1. The van der Waals surface area contributed by atoms with Crippen LogP contribution in [-0.4, -0.2) is 29.3 Å².